The lowest BCUT2D eigenvalue weighted by Gasteiger charge is -2.13. The number of rotatable bonds is 5. The minimum Gasteiger partial charge on any atom is -0.354 e. The van der Waals surface area contributed by atoms with Gasteiger partial charge >= 0.3 is 0 Å². The van der Waals surface area contributed by atoms with Crippen LogP contribution in [0.15, 0.2) is 188 Å². The molecule has 0 atom stereocenters. The molecule has 4 nitrogen and oxygen atoms in total. The maximum absolute atomic E-state index is 5.14. The summed E-state index contributed by atoms with van der Waals surface area (Å²) in [6.07, 6.45) is 0. The number of hydrogen-bond acceptors (Lipinski definition) is 3. The molecule has 0 radical (unpaired) electrons. The molecule has 256 valence electrons. The Labute approximate surface area is 317 Å². The number of H-pyrrole nitrogens is 1. The monoisotopic (exact) mass is 700 g/mol. The van der Waals surface area contributed by atoms with Crippen LogP contribution < -0.4 is 0 Å². The van der Waals surface area contributed by atoms with Gasteiger partial charge in [-0.15, -0.1) is 0 Å². The molecule has 0 saturated heterocycles. The van der Waals surface area contributed by atoms with Gasteiger partial charge in [0, 0.05) is 38.5 Å². The Morgan fingerprint density at radius 2 is 0.618 bits per heavy atom. The maximum Gasteiger partial charge on any atom is 0.164 e. The highest BCUT2D eigenvalue weighted by Crippen LogP contribution is 2.38. The van der Waals surface area contributed by atoms with Crippen LogP contribution >= 0.6 is 0 Å². The van der Waals surface area contributed by atoms with E-state index in [4.69, 9.17) is 15.0 Å². The van der Waals surface area contributed by atoms with Crippen LogP contribution in [-0.2, 0) is 0 Å². The summed E-state index contributed by atoms with van der Waals surface area (Å²) >= 11 is 0. The van der Waals surface area contributed by atoms with Crippen LogP contribution in [0.5, 0.6) is 0 Å². The van der Waals surface area contributed by atoms with Crippen LogP contribution in [0.3, 0.4) is 0 Å². The second-order valence-corrected chi connectivity index (χ2v) is 14.1. The average Bonchev–Trinajstić information content (AvgIpc) is 3.64. The van der Waals surface area contributed by atoms with Gasteiger partial charge in [-0.1, -0.05) is 164 Å². The molecule has 1 N–H and O–H groups in total. The highest BCUT2D eigenvalue weighted by atomic mass is 15.0. The fourth-order valence-corrected chi connectivity index (χ4v) is 8.13. The van der Waals surface area contributed by atoms with Crippen molar-refractivity contribution < 1.29 is 0 Å². The van der Waals surface area contributed by atoms with Gasteiger partial charge in [0.1, 0.15) is 0 Å². The first-order chi connectivity index (χ1) is 27.2. The van der Waals surface area contributed by atoms with E-state index in [2.05, 4.69) is 157 Å². The molecule has 11 aromatic rings. The third kappa shape index (κ3) is 5.34. The predicted octanol–water partition coefficient (Wildman–Crippen LogP) is 13.3. The van der Waals surface area contributed by atoms with E-state index >= 15 is 0 Å². The number of aromatic nitrogens is 4. The number of fused-ring (bicyclic) bond motifs is 9. The summed E-state index contributed by atoms with van der Waals surface area (Å²) in [5, 5.41) is 9.93. The molecule has 0 amide bonds. The van der Waals surface area contributed by atoms with Crippen molar-refractivity contribution in [2.75, 3.05) is 0 Å². The van der Waals surface area contributed by atoms with E-state index in [-0.39, 0.29) is 0 Å². The molecule has 0 unspecified atom stereocenters. The Bertz CT molecular complexity index is 3220. The lowest BCUT2D eigenvalue weighted by Crippen LogP contribution is -2.00. The number of aromatic amines is 1. The molecule has 55 heavy (non-hydrogen) atoms. The van der Waals surface area contributed by atoms with Crippen molar-refractivity contribution in [2.24, 2.45) is 0 Å². The van der Waals surface area contributed by atoms with Crippen LogP contribution in [0.1, 0.15) is 0 Å². The molecule has 0 saturated carbocycles. The van der Waals surface area contributed by atoms with Gasteiger partial charge in [0.05, 0.1) is 0 Å². The minimum absolute atomic E-state index is 0.629. The summed E-state index contributed by atoms with van der Waals surface area (Å²) in [5.41, 5.74) is 9.57. The third-order valence-electron chi connectivity index (χ3n) is 10.8. The van der Waals surface area contributed by atoms with Crippen molar-refractivity contribution in [2.45, 2.75) is 0 Å². The molecule has 0 aliphatic rings. The zero-order valence-electron chi connectivity index (χ0n) is 29.7. The van der Waals surface area contributed by atoms with Gasteiger partial charge in [-0.05, 0) is 78.8 Å². The Morgan fingerprint density at radius 3 is 1.24 bits per heavy atom. The minimum atomic E-state index is 0.629. The highest BCUT2D eigenvalue weighted by Gasteiger charge is 2.16. The second kappa shape index (κ2) is 12.6. The van der Waals surface area contributed by atoms with Crippen LogP contribution in [-0.4, -0.2) is 19.9 Å². The molecule has 0 aliphatic carbocycles. The standard InChI is InChI=1S/C51H32N4/c1-3-12-32(13-4-1)36-23-26-44-45-27-24-38(31-48(45)52-47(44)30-36)51-54-49(33-14-5-2-6-15-33)53-50(55-51)37-17-11-16-34(28-37)35-22-25-43-41-20-8-7-18-39(41)40-19-9-10-21-42(40)46(43)29-35/h1-31,52H. The Kier molecular flexibility index (Phi) is 7.14. The van der Waals surface area contributed by atoms with Crippen molar-refractivity contribution in [3.05, 3.63) is 188 Å². The molecule has 0 aliphatic heterocycles. The second-order valence-electron chi connectivity index (χ2n) is 14.1. The van der Waals surface area contributed by atoms with Gasteiger partial charge in [-0.2, -0.15) is 0 Å². The summed E-state index contributed by atoms with van der Waals surface area (Å²) < 4.78 is 0. The van der Waals surface area contributed by atoms with E-state index in [1.165, 1.54) is 54.2 Å². The average molecular weight is 701 g/mol. The van der Waals surface area contributed by atoms with Crippen LogP contribution in [0, 0.1) is 0 Å². The summed E-state index contributed by atoms with van der Waals surface area (Å²) in [5.74, 6) is 1.90. The summed E-state index contributed by atoms with van der Waals surface area (Å²) in [6.45, 7) is 0. The van der Waals surface area contributed by atoms with Crippen molar-refractivity contribution in [1.29, 1.82) is 0 Å². The summed E-state index contributed by atoms with van der Waals surface area (Å²) in [7, 11) is 0. The van der Waals surface area contributed by atoms with Crippen molar-refractivity contribution in [3.63, 3.8) is 0 Å². The molecule has 9 aromatic carbocycles. The lowest BCUT2D eigenvalue weighted by atomic mass is 9.92. The normalized spacial score (nSPS) is 11.6. The quantitative estimate of drug-likeness (QED) is 0.182. The molecule has 4 heteroatoms. The van der Waals surface area contributed by atoms with Crippen LogP contribution in [0.4, 0.5) is 0 Å². The molecule has 0 spiro atoms. The molecule has 2 aromatic heterocycles. The smallest absolute Gasteiger partial charge is 0.164 e. The van der Waals surface area contributed by atoms with E-state index in [0.29, 0.717) is 17.5 Å². The van der Waals surface area contributed by atoms with E-state index in [1.54, 1.807) is 0 Å². The largest absolute Gasteiger partial charge is 0.354 e. The lowest BCUT2D eigenvalue weighted by molar-refractivity contribution is 1.07. The molecule has 0 bridgehead atoms. The molecular weight excluding hydrogens is 669 g/mol. The first kappa shape index (κ1) is 31.1. The number of benzene rings is 9. The van der Waals surface area contributed by atoms with Crippen LogP contribution in [0.2, 0.25) is 0 Å². The van der Waals surface area contributed by atoms with Crippen molar-refractivity contribution in [1.82, 2.24) is 19.9 Å². The van der Waals surface area contributed by atoms with Crippen LogP contribution in [0.25, 0.3) is 111 Å². The molecule has 2 heterocycles. The third-order valence-corrected chi connectivity index (χ3v) is 10.8. The Balaban J connectivity index is 1.03. The first-order valence-electron chi connectivity index (χ1n) is 18.6. The van der Waals surface area contributed by atoms with Gasteiger partial charge < -0.3 is 4.98 Å². The first-order valence-corrected chi connectivity index (χ1v) is 18.6. The SMILES string of the molecule is c1ccc(-c2ccc3c(c2)[nH]c2cc(-c4nc(-c5ccccc5)nc(-c5cccc(-c6ccc7c8ccccc8c8ccccc8c7c6)c5)n4)ccc23)cc1. The Hall–Kier alpha value is -7.43. The van der Waals surface area contributed by atoms with Gasteiger partial charge in [-0.3, -0.25) is 0 Å². The van der Waals surface area contributed by atoms with E-state index in [0.717, 1.165) is 38.9 Å². The summed E-state index contributed by atoms with van der Waals surface area (Å²) in [6, 6.07) is 66.5. The Morgan fingerprint density at radius 1 is 0.236 bits per heavy atom. The van der Waals surface area contributed by atoms with Gasteiger partial charge in [0.25, 0.3) is 0 Å². The van der Waals surface area contributed by atoms with Crippen molar-refractivity contribution in [3.8, 4) is 56.4 Å². The molecular formula is C51H32N4. The molecule has 11 rings (SSSR count). The van der Waals surface area contributed by atoms with Gasteiger partial charge in [0.15, 0.2) is 17.5 Å². The maximum atomic E-state index is 5.14. The van der Waals surface area contributed by atoms with Gasteiger partial charge in [-0.25, -0.2) is 15.0 Å². The van der Waals surface area contributed by atoms with Gasteiger partial charge in [0.2, 0.25) is 0 Å². The zero-order valence-corrected chi connectivity index (χ0v) is 29.7. The zero-order chi connectivity index (χ0) is 36.3. The van der Waals surface area contributed by atoms with E-state index in [9.17, 15) is 0 Å². The number of hydrogen-bond donors (Lipinski definition) is 1. The number of nitrogens with zero attached hydrogens (tertiary/aromatic N) is 3. The highest BCUT2D eigenvalue weighted by molar-refractivity contribution is 6.25. The fraction of sp³-hybridized carbons (Fsp3) is 0. The fourth-order valence-electron chi connectivity index (χ4n) is 8.13. The van der Waals surface area contributed by atoms with Crippen molar-refractivity contribution >= 4 is 54.1 Å². The van der Waals surface area contributed by atoms with E-state index in [1.807, 2.05) is 36.4 Å². The predicted molar refractivity (Wildman–Crippen MR) is 229 cm³/mol. The molecule has 0 fully saturated rings. The number of nitrogens with one attached hydrogen (secondary N) is 1. The topological polar surface area (TPSA) is 54.5 Å². The van der Waals surface area contributed by atoms with E-state index < -0.39 is 0 Å². The summed E-state index contributed by atoms with van der Waals surface area (Å²) in [4.78, 5) is 18.9.